The van der Waals surface area contributed by atoms with Crippen molar-refractivity contribution in [3.63, 3.8) is 0 Å². The quantitative estimate of drug-likeness (QED) is 0.283. The molecule has 0 fully saturated rings. The summed E-state index contributed by atoms with van der Waals surface area (Å²) in [5, 5.41) is 0. The van der Waals surface area contributed by atoms with Crippen molar-refractivity contribution in [2.45, 2.75) is 51.2 Å². The van der Waals surface area contributed by atoms with Crippen molar-refractivity contribution >= 4 is 18.0 Å². The number of ether oxygens (including phenoxy) is 3. The van der Waals surface area contributed by atoms with Gasteiger partial charge >= 0.3 is 18.0 Å². The summed E-state index contributed by atoms with van der Waals surface area (Å²) in [5.41, 5.74) is 3.70. The van der Waals surface area contributed by atoms with E-state index in [1.54, 1.807) is 20.8 Å². The minimum absolute atomic E-state index is 0.0472. The average Bonchev–Trinajstić information content (AvgIpc) is 3.13. The molecule has 0 aliphatic heterocycles. The maximum atomic E-state index is 13.0. The second-order valence-electron chi connectivity index (χ2n) is 9.47. The fourth-order valence-electron chi connectivity index (χ4n) is 4.14. The third kappa shape index (κ3) is 6.50. The normalized spacial score (nSPS) is 13.3. The van der Waals surface area contributed by atoms with Gasteiger partial charge in [0.2, 0.25) is 0 Å². The fourth-order valence-corrected chi connectivity index (χ4v) is 4.14. The predicted molar refractivity (Wildman–Crippen MR) is 133 cm³/mol. The Bertz CT molecular complexity index is 1040. The number of nitrogens with zero attached hydrogens (tertiary/aromatic N) is 1. The molecule has 35 heavy (non-hydrogen) atoms. The van der Waals surface area contributed by atoms with Crippen molar-refractivity contribution in [3.05, 3.63) is 72.3 Å². The summed E-state index contributed by atoms with van der Waals surface area (Å²) in [6.45, 7) is 8.95. The van der Waals surface area contributed by atoms with E-state index in [0.717, 1.165) is 22.3 Å². The largest absolute Gasteiger partial charge is 0.461 e. The molecule has 1 amide bonds. The second kappa shape index (κ2) is 11.2. The zero-order valence-electron chi connectivity index (χ0n) is 20.8. The van der Waals surface area contributed by atoms with E-state index in [4.69, 9.17) is 14.2 Å². The lowest BCUT2D eigenvalue weighted by Gasteiger charge is -2.29. The van der Waals surface area contributed by atoms with Crippen LogP contribution in [0.4, 0.5) is 4.79 Å². The Balaban J connectivity index is 1.71. The smallest absolute Gasteiger partial charge is 0.410 e. The number of esters is 2. The second-order valence-corrected chi connectivity index (χ2v) is 9.47. The van der Waals surface area contributed by atoms with Gasteiger partial charge in [-0.05, 0) is 49.4 Å². The number of carbonyl (C=O) groups is 3. The first-order chi connectivity index (χ1) is 16.6. The van der Waals surface area contributed by atoms with Crippen LogP contribution in [0.15, 0.2) is 61.2 Å². The van der Waals surface area contributed by atoms with Gasteiger partial charge < -0.3 is 14.2 Å². The number of likely N-dealkylation sites (N-methyl/N-ethyl adjacent to an activating group) is 1. The standard InChI is InChI=1S/C28H33NO6/c1-6-17-33-25(30)16-15-24(26(31)35-28(2,3)4)29(5)27(32)34-18-23-21-13-9-7-11-19(21)20-12-8-10-14-22(20)23/h6-14,23-24H,1,15-18H2,2-5H3/t24-/m0/s1. The maximum Gasteiger partial charge on any atom is 0.410 e. The van der Waals surface area contributed by atoms with E-state index in [1.165, 1.54) is 18.0 Å². The first-order valence-corrected chi connectivity index (χ1v) is 11.7. The molecule has 1 aliphatic carbocycles. The Morgan fingerprint density at radius 2 is 1.57 bits per heavy atom. The third-order valence-electron chi connectivity index (χ3n) is 5.75. The molecule has 186 valence electrons. The van der Waals surface area contributed by atoms with Crippen LogP contribution in [0, 0.1) is 0 Å². The summed E-state index contributed by atoms with van der Waals surface area (Å²) in [6.07, 6.45) is 0.790. The Morgan fingerprint density at radius 1 is 1.00 bits per heavy atom. The molecule has 0 N–H and O–H groups in total. The van der Waals surface area contributed by atoms with Crippen LogP contribution in [-0.2, 0) is 23.8 Å². The lowest BCUT2D eigenvalue weighted by atomic mass is 9.98. The van der Waals surface area contributed by atoms with Crippen molar-refractivity contribution in [2.75, 3.05) is 20.3 Å². The monoisotopic (exact) mass is 479 g/mol. The highest BCUT2D eigenvalue weighted by atomic mass is 16.6. The molecule has 1 aliphatic rings. The number of hydrogen-bond donors (Lipinski definition) is 0. The summed E-state index contributed by atoms with van der Waals surface area (Å²) in [4.78, 5) is 39.1. The van der Waals surface area contributed by atoms with Gasteiger partial charge in [-0.25, -0.2) is 9.59 Å². The van der Waals surface area contributed by atoms with E-state index in [-0.39, 0.29) is 32.0 Å². The SMILES string of the molecule is C=CCOC(=O)CC[C@@H](C(=O)OC(C)(C)C)N(C)C(=O)OCC1c2ccccc2-c2ccccc21. The predicted octanol–water partition coefficient (Wildman–Crippen LogP) is 5.09. The lowest BCUT2D eigenvalue weighted by molar-refractivity contribution is -0.161. The highest BCUT2D eigenvalue weighted by Crippen LogP contribution is 2.44. The Kier molecular flexibility index (Phi) is 8.33. The Labute approximate surface area is 206 Å². The molecule has 2 aromatic carbocycles. The van der Waals surface area contributed by atoms with Crippen LogP contribution >= 0.6 is 0 Å². The molecule has 0 spiro atoms. The number of fused-ring (bicyclic) bond motifs is 3. The van der Waals surface area contributed by atoms with Crippen LogP contribution in [0.3, 0.4) is 0 Å². The number of hydrogen-bond acceptors (Lipinski definition) is 6. The first kappa shape index (κ1) is 26.0. The van der Waals surface area contributed by atoms with Crippen molar-refractivity contribution < 1.29 is 28.6 Å². The minimum Gasteiger partial charge on any atom is -0.461 e. The van der Waals surface area contributed by atoms with Crippen LogP contribution in [-0.4, -0.2) is 54.8 Å². The van der Waals surface area contributed by atoms with Gasteiger partial charge in [-0.1, -0.05) is 61.2 Å². The molecule has 7 heteroatoms. The number of rotatable bonds is 9. The Hall–Kier alpha value is -3.61. The summed E-state index contributed by atoms with van der Waals surface area (Å²) in [7, 11) is 1.47. The van der Waals surface area contributed by atoms with Gasteiger partial charge in [0.25, 0.3) is 0 Å². The zero-order valence-corrected chi connectivity index (χ0v) is 20.8. The fraction of sp³-hybridized carbons (Fsp3) is 0.393. The maximum absolute atomic E-state index is 13.0. The van der Waals surface area contributed by atoms with Gasteiger partial charge in [-0.3, -0.25) is 9.69 Å². The number of carbonyl (C=O) groups excluding carboxylic acids is 3. The van der Waals surface area contributed by atoms with Crippen molar-refractivity contribution in [2.24, 2.45) is 0 Å². The van der Waals surface area contributed by atoms with Gasteiger partial charge in [-0.2, -0.15) is 0 Å². The van der Waals surface area contributed by atoms with E-state index in [0.29, 0.717) is 0 Å². The highest BCUT2D eigenvalue weighted by molar-refractivity contribution is 5.83. The highest BCUT2D eigenvalue weighted by Gasteiger charge is 2.34. The number of amides is 1. The van der Waals surface area contributed by atoms with Crippen LogP contribution in [0.2, 0.25) is 0 Å². The molecule has 0 saturated heterocycles. The van der Waals surface area contributed by atoms with E-state index in [1.807, 2.05) is 36.4 Å². The molecule has 2 aromatic rings. The summed E-state index contributed by atoms with van der Waals surface area (Å²) in [6, 6.07) is 15.1. The molecule has 0 unspecified atom stereocenters. The molecule has 7 nitrogen and oxygen atoms in total. The van der Waals surface area contributed by atoms with Gasteiger partial charge in [0.15, 0.2) is 0 Å². The lowest BCUT2D eigenvalue weighted by Crippen LogP contribution is -2.46. The first-order valence-electron chi connectivity index (χ1n) is 11.7. The van der Waals surface area contributed by atoms with Gasteiger partial charge in [0.05, 0.1) is 0 Å². The van der Waals surface area contributed by atoms with Crippen LogP contribution in [0.25, 0.3) is 11.1 Å². The zero-order chi connectivity index (χ0) is 25.6. The topological polar surface area (TPSA) is 82.1 Å². The van der Waals surface area contributed by atoms with E-state index >= 15 is 0 Å². The van der Waals surface area contributed by atoms with E-state index < -0.39 is 29.7 Å². The van der Waals surface area contributed by atoms with Gasteiger partial charge in [0.1, 0.15) is 24.9 Å². The van der Waals surface area contributed by atoms with Crippen molar-refractivity contribution in [3.8, 4) is 11.1 Å². The molecule has 0 radical (unpaired) electrons. The summed E-state index contributed by atoms with van der Waals surface area (Å²) in [5.74, 6) is -1.20. The third-order valence-corrected chi connectivity index (χ3v) is 5.75. The van der Waals surface area contributed by atoms with Crippen molar-refractivity contribution in [1.29, 1.82) is 0 Å². The number of benzene rings is 2. The van der Waals surface area contributed by atoms with Crippen molar-refractivity contribution in [1.82, 2.24) is 4.90 Å². The van der Waals surface area contributed by atoms with Crippen LogP contribution in [0.5, 0.6) is 0 Å². The van der Waals surface area contributed by atoms with E-state index in [2.05, 4.69) is 18.7 Å². The van der Waals surface area contributed by atoms with Gasteiger partial charge in [-0.15, -0.1) is 0 Å². The Morgan fingerprint density at radius 3 is 2.11 bits per heavy atom. The molecule has 0 heterocycles. The average molecular weight is 480 g/mol. The minimum atomic E-state index is -0.999. The summed E-state index contributed by atoms with van der Waals surface area (Å²) < 4.78 is 16.2. The van der Waals surface area contributed by atoms with E-state index in [9.17, 15) is 14.4 Å². The summed E-state index contributed by atoms with van der Waals surface area (Å²) >= 11 is 0. The van der Waals surface area contributed by atoms with Crippen LogP contribution in [0.1, 0.15) is 50.7 Å². The van der Waals surface area contributed by atoms with Crippen LogP contribution < -0.4 is 0 Å². The molecule has 1 atom stereocenters. The molecule has 0 saturated carbocycles. The molecule has 0 bridgehead atoms. The molecular weight excluding hydrogens is 446 g/mol. The van der Waals surface area contributed by atoms with Gasteiger partial charge in [0, 0.05) is 19.4 Å². The molecular formula is C28H33NO6. The molecule has 3 rings (SSSR count). The molecule has 0 aromatic heterocycles.